The number of benzene rings is 2. The lowest BCUT2D eigenvalue weighted by molar-refractivity contribution is 0.203. The van der Waals surface area contributed by atoms with E-state index in [1.807, 2.05) is 43.3 Å². The van der Waals surface area contributed by atoms with Crippen LogP contribution >= 0.6 is 0 Å². The molecule has 0 radical (unpaired) electrons. The van der Waals surface area contributed by atoms with Gasteiger partial charge in [0.25, 0.3) is 0 Å². The van der Waals surface area contributed by atoms with E-state index in [1.54, 1.807) is 18.3 Å². The Labute approximate surface area is 172 Å². The molecule has 0 saturated carbocycles. The summed E-state index contributed by atoms with van der Waals surface area (Å²) < 4.78 is 30.9. The predicted molar refractivity (Wildman–Crippen MR) is 118 cm³/mol. The third-order valence-corrected chi connectivity index (χ3v) is 5.85. The van der Waals surface area contributed by atoms with E-state index in [-0.39, 0.29) is 11.5 Å². The maximum absolute atomic E-state index is 12.5. The highest BCUT2D eigenvalue weighted by Gasteiger charge is 2.23. The van der Waals surface area contributed by atoms with Crippen molar-refractivity contribution >= 4 is 20.7 Å². The fraction of sp³-hybridized carbons (Fsp3) is 0.348. The molecular weight excluding hydrogens is 384 g/mol. The summed E-state index contributed by atoms with van der Waals surface area (Å²) in [5, 5.41) is 0.967. The number of nitrogens with two attached hydrogens (primary N) is 1. The number of hydrogen-bond acceptors (Lipinski definition) is 5. The van der Waals surface area contributed by atoms with Crippen LogP contribution in [0.5, 0.6) is 5.75 Å². The zero-order chi connectivity index (χ0) is 21.2. The van der Waals surface area contributed by atoms with Gasteiger partial charge in [-0.3, -0.25) is 4.98 Å². The lowest BCUT2D eigenvalue weighted by Gasteiger charge is -2.27. The summed E-state index contributed by atoms with van der Waals surface area (Å²) in [6.45, 7) is 6.36. The van der Waals surface area contributed by atoms with Gasteiger partial charge in [-0.25, -0.2) is 8.42 Å². The number of para-hydroxylation sites is 1. The molecule has 154 valence electrons. The van der Waals surface area contributed by atoms with Gasteiger partial charge in [-0.05, 0) is 54.7 Å². The number of hydrogen-bond donors (Lipinski definition) is 1. The molecule has 0 bridgehead atoms. The molecule has 1 unspecified atom stereocenters. The summed E-state index contributed by atoms with van der Waals surface area (Å²) >= 11 is 0. The first-order valence-corrected chi connectivity index (χ1v) is 11.6. The Morgan fingerprint density at radius 1 is 1.14 bits per heavy atom. The van der Waals surface area contributed by atoms with Gasteiger partial charge in [0.1, 0.15) is 17.3 Å². The van der Waals surface area contributed by atoms with Crippen LogP contribution in [0.15, 0.2) is 59.6 Å². The van der Waals surface area contributed by atoms with E-state index in [2.05, 4.69) is 18.8 Å². The van der Waals surface area contributed by atoms with Gasteiger partial charge in [0.2, 0.25) is 0 Å². The van der Waals surface area contributed by atoms with Gasteiger partial charge >= 0.3 is 0 Å². The highest BCUT2D eigenvalue weighted by atomic mass is 32.2. The van der Waals surface area contributed by atoms with E-state index in [1.165, 1.54) is 6.26 Å². The van der Waals surface area contributed by atoms with Crippen LogP contribution in [0.1, 0.15) is 27.2 Å². The zero-order valence-corrected chi connectivity index (χ0v) is 18.2. The lowest BCUT2D eigenvalue weighted by atomic mass is 9.93. The van der Waals surface area contributed by atoms with E-state index in [9.17, 15) is 8.42 Å². The Hall–Kier alpha value is -2.44. The summed E-state index contributed by atoms with van der Waals surface area (Å²) in [6, 6.07) is 14.9. The van der Waals surface area contributed by atoms with E-state index in [0.717, 1.165) is 28.5 Å². The van der Waals surface area contributed by atoms with Gasteiger partial charge in [-0.15, -0.1) is 0 Å². The van der Waals surface area contributed by atoms with E-state index >= 15 is 0 Å². The van der Waals surface area contributed by atoms with Crippen molar-refractivity contribution in [3.05, 3.63) is 54.7 Å². The molecule has 0 saturated heterocycles. The second-order valence-electron chi connectivity index (χ2n) is 8.35. The maximum atomic E-state index is 12.5. The number of nitrogens with zero attached hydrogens (tertiary/aromatic N) is 1. The fourth-order valence-corrected chi connectivity index (χ4v) is 4.50. The lowest BCUT2D eigenvalue weighted by Crippen LogP contribution is -2.43. The standard InChI is InChI=1S/C23H28N2O3S/c1-16(2)14-23(3,24)15-28-21-10-9-17(13-22(21)29(4,26)27)18-11-12-25-20-8-6-5-7-19(18)20/h5-13,16H,14-15,24H2,1-4H3. The minimum absolute atomic E-state index is 0.163. The maximum Gasteiger partial charge on any atom is 0.179 e. The van der Waals surface area contributed by atoms with Crippen molar-refractivity contribution in [2.24, 2.45) is 11.7 Å². The molecule has 29 heavy (non-hydrogen) atoms. The molecule has 0 amide bonds. The first-order chi connectivity index (χ1) is 13.6. The van der Waals surface area contributed by atoms with Crippen LogP contribution in [-0.4, -0.2) is 31.8 Å². The summed E-state index contributed by atoms with van der Waals surface area (Å²) in [4.78, 5) is 4.54. The molecule has 0 spiro atoms. The average Bonchev–Trinajstić information content (AvgIpc) is 2.64. The van der Waals surface area contributed by atoms with Gasteiger partial charge < -0.3 is 10.5 Å². The Balaban J connectivity index is 2.01. The Morgan fingerprint density at radius 2 is 1.86 bits per heavy atom. The molecule has 3 aromatic rings. The average molecular weight is 413 g/mol. The topological polar surface area (TPSA) is 82.3 Å². The summed E-state index contributed by atoms with van der Waals surface area (Å²) in [5.41, 5.74) is 8.37. The Morgan fingerprint density at radius 3 is 2.55 bits per heavy atom. The van der Waals surface area contributed by atoms with Crippen molar-refractivity contribution in [1.82, 2.24) is 4.98 Å². The highest BCUT2D eigenvalue weighted by Crippen LogP contribution is 2.33. The van der Waals surface area contributed by atoms with Crippen LogP contribution in [0.25, 0.3) is 22.0 Å². The van der Waals surface area contributed by atoms with E-state index < -0.39 is 15.4 Å². The van der Waals surface area contributed by atoms with Gasteiger partial charge in [0, 0.05) is 23.4 Å². The number of pyridine rings is 1. The Kier molecular flexibility index (Phi) is 5.96. The molecule has 0 aliphatic heterocycles. The molecule has 0 aliphatic carbocycles. The normalized spacial score (nSPS) is 14.1. The van der Waals surface area contributed by atoms with E-state index in [4.69, 9.17) is 10.5 Å². The van der Waals surface area contributed by atoms with Crippen molar-refractivity contribution in [2.75, 3.05) is 12.9 Å². The predicted octanol–water partition coefficient (Wildman–Crippen LogP) is 4.45. The molecule has 0 aliphatic rings. The Bertz CT molecular complexity index is 1120. The molecule has 1 heterocycles. The molecule has 5 nitrogen and oxygen atoms in total. The molecule has 0 fully saturated rings. The minimum atomic E-state index is -3.49. The van der Waals surface area contributed by atoms with Gasteiger partial charge in [-0.1, -0.05) is 38.1 Å². The van der Waals surface area contributed by atoms with Crippen LogP contribution in [0, 0.1) is 5.92 Å². The number of ether oxygens (including phenoxy) is 1. The van der Waals surface area contributed by atoms with Crippen LogP contribution in [0.3, 0.4) is 0 Å². The number of aromatic nitrogens is 1. The minimum Gasteiger partial charge on any atom is -0.490 e. The number of fused-ring (bicyclic) bond motifs is 1. The third-order valence-electron chi connectivity index (χ3n) is 4.74. The summed E-state index contributed by atoms with van der Waals surface area (Å²) in [7, 11) is -3.49. The van der Waals surface area contributed by atoms with Crippen molar-refractivity contribution < 1.29 is 13.2 Å². The molecule has 2 N–H and O–H groups in total. The first kappa shape index (κ1) is 21.3. The summed E-state index contributed by atoms with van der Waals surface area (Å²) in [6.07, 6.45) is 3.70. The molecule has 6 heteroatoms. The quantitative estimate of drug-likeness (QED) is 0.620. The van der Waals surface area contributed by atoms with Crippen molar-refractivity contribution in [1.29, 1.82) is 0 Å². The smallest absolute Gasteiger partial charge is 0.179 e. The van der Waals surface area contributed by atoms with Crippen LogP contribution < -0.4 is 10.5 Å². The molecule has 2 aromatic carbocycles. The van der Waals surface area contributed by atoms with Gasteiger partial charge in [0.15, 0.2) is 9.84 Å². The van der Waals surface area contributed by atoms with Crippen LogP contribution in [0.2, 0.25) is 0 Å². The first-order valence-electron chi connectivity index (χ1n) is 9.67. The second kappa shape index (κ2) is 8.13. The van der Waals surface area contributed by atoms with Gasteiger partial charge in [-0.2, -0.15) is 0 Å². The van der Waals surface area contributed by atoms with Crippen LogP contribution in [0.4, 0.5) is 0 Å². The zero-order valence-electron chi connectivity index (χ0n) is 17.3. The largest absolute Gasteiger partial charge is 0.490 e. The fourth-order valence-electron chi connectivity index (χ4n) is 3.67. The van der Waals surface area contributed by atoms with Gasteiger partial charge in [0.05, 0.1) is 5.52 Å². The molecule has 3 rings (SSSR count). The van der Waals surface area contributed by atoms with E-state index in [0.29, 0.717) is 11.7 Å². The number of rotatable bonds is 7. The second-order valence-corrected chi connectivity index (χ2v) is 10.3. The number of sulfone groups is 1. The highest BCUT2D eigenvalue weighted by molar-refractivity contribution is 7.90. The molecular formula is C23H28N2O3S. The van der Waals surface area contributed by atoms with Crippen LogP contribution in [-0.2, 0) is 9.84 Å². The molecule has 1 aromatic heterocycles. The third kappa shape index (κ3) is 5.14. The summed E-state index contributed by atoms with van der Waals surface area (Å²) in [5.74, 6) is 0.750. The van der Waals surface area contributed by atoms with Crippen molar-refractivity contribution in [3.63, 3.8) is 0 Å². The molecule has 1 atom stereocenters. The SMILES string of the molecule is CC(C)CC(C)(N)COc1ccc(-c2ccnc3ccccc23)cc1S(C)(=O)=O. The van der Waals surface area contributed by atoms with Crippen molar-refractivity contribution in [2.45, 2.75) is 37.6 Å². The monoisotopic (exact) mass is 412 g/mol. The van der Waals surface area contributed by atoms with Crippen molar-refractivity contribution in [3.8, 4) is 16.9 Å².